The quantitative estimate of drug-likeness (QED) is 0.709. The molecule has 1 amide bonds. The van der Waals surface area contributed by atoms with Crippen LogP contribution < -0.4 is 11.1 Å². The Morgan fingerprint density at radius 2 is 1.82 bits per heavy atom. The van der Waals surface area contributed by atoms with Crippen molar-refractivity contribution in [2.75, 3.05) is 6.54 Å². The highest BCUT2D eigenvalue weighted by molar-refractivity contribution is 6.09. The van der Waals surface area contributed by atoms with Crippen LogP contribution in [0.2, 0.25) is 0 Å². The van der Waals surface area contributed by atoms with Crippen molar-refractivity contribution in [1.82, 2.24) is 10.3 Å². The lowest BCUT2D eigenvalue weighted by Gasteiger charge is -2.11. The number of hydrogen-bond acceptors (Lipinski definition) is 3. The molecule has 0 radical (unpaired) electrons. The number of H-pyrrole nitrogens is 1. The number of ketones is 1. The Hall–Kier alpha value is -2.40. The van der Waals surface area contributed by atoms with E-state index in [1.807, 2.05) is 0 Å². The van der Waals surface area contributed by atoms with Gasteiger partial charge < -0.3 is 16.0 Å². The number of amides is 1. The molecule has 22 heavy (non-hydrogen) atoms. The molecule has 3 rings (SSSR count). The van der Waals surface area contributed by atoms with Gasteiger partial charge in [0.2, 0.25) is 0 Å². The highest BCUT2D eigenvalue weighted by Gasteiger charge is 2.28. The Balaban J connectivity index is 1.60. The average Bonchev–Trinajstić information content (AvgIpc) is 3.26. The molecule has 1 fully saturated rings. The average molecular weight is 297 g/mol. The summed E-state index contributed by atoms with van der Waals surface area (Å²) >= 11 is 0. The van der Waals surface area contributed by atoms with Gasteiger partial charge in [0.05, 0.1) is 0 Å². The van der Waals surface area contributed by atoms with Gasteiger partial charge in [-0.25, -0.2) is 0 Å². The summed E-state index contributed by atoms with van der Waals surface area (Å²) in [5, 5.41) is 2.84. The second-order valence-electron chi connectivity index (χ2n) is 5.72. The van der Waals surface area contributed by atoms with Gasteiger partial charge in [0.25, 0.3) is 5.91 Å². The minimum Gasteiger partial charge on any atom is -0.367 e. The fourth-order valence-electron chi connectivity index (χ4n) is 2.41. The van der Waals surface area contributed by atoms with Crippen molar-refractivity contribution in [3.8, 4) is 0 Å². The standard InChI is InChI=1S/C17H19N3O2/c18-15(11-1-2-11)10-20-17(22)13-5-3-12(4-6-13)16(21)14-7-8-19-9-14/h3-9,11,15,19H,1-2,10,18H2,(H,20,22). The molecule has 5 heteroatoms. The maximum Gasteiger partial charge on any atom is 0.251 e. The molecule has 0 saturated heterocycles. The van der Waals surface area contributed by atoms with Crippen molar-refractivity contribution < 1.29 is 9.59 Å². The fraction of sp³-hybridized carbons (Fsp3) is 0.294. The number of rotatable bonds is 6. The molecule has 0 aliphatic heterocycles. The van der Waals surface area contributed by atoms with Crippen molar-refractivity contribution in [3.63, 3.8) is 0 Å². The van der Waals surface area contributed by atoms with Crippen molar-refractivity contribution in [3.05, 3.63) is 59.4 Å². The zero-order valence-corrected chi connectivity index (χ0v) is 12.2. The third kappa shape index (κ3) is 3.26. The maximum atomic E-state index is 12.1. The van der Waals surface area contributed by atoms with Crippen LogP contribution in [0.4, 0.5) is 0 Å². The Kier molecular flexibility index (Phi) is 4.06. The van der Waals surface area contributed by atoms with Crippen LogP contribution in [0.1, 0.15) is 39.1 Å². The van der Waals surface area contributed by atoms with Gasteiger partial charge >= 0.3 is 0 Å². The van der Waals surface area contributed by atoms with Gasteiger partial charge in [0, 0.05) is 41.7 Å². The summed E-state index contributed by atoms with van der Waals surface area (Å²) in [4.78, 5) is 27.0. The monoisotopic (exact) mass is 297 g/mol. The Bertz CT molecular complexity index is 658. The van der Waals surface area contributed by atoms with Crippen molar-refractivity contribution in [1.29, 1.82) is 0 Å². The molecule has 114 valence electrons. The molecule has 4 N–H and O–H groups in total. The van der Waals surface area contributed by atoms with Crippen LogP contribution in [-0.4, -0.2) is 29.3 Å². The summed E-state index contributed by atoms with van der Waals surface area (Å²) in [7, 11) is 0. The topological polar surface area (TPSA) is 88.0 Å². The molecular formula is C17H19N3O2. The molecule has 1 aliphatic rings. The van der Waals surface area contributed by atoms with E-state index >= 15 is 0 Å². The van der Waals surface area contributed by atoms with Gasteiger partial charge in [-0.15, -0.1) is 0 Å². The first-order valence-corrected chi connectivity index (χ1v) is 7.46. The number of nitrogens with two attached hydrogens (primary N) is 1. The number of carbonyl (C=O) groups is 2. The predicted octanol–water partition coefficient (Wildman–Crippen LogP) is 1.71. The van der Waals surface area contributed by atoms with E-state index in [9.17, 15) is 9.59 Å². The van der Waals surface area contributed by atoms with Crippen LogP contribution >= 0.6 is 0 Å². The van der Waals surface area contributed by atoms with Gasteiger partial charge in [-0.1, -0.05) is 12.1 Å². The van der Waals surface area contributed by atoms with E-state index in [1.54, 1.807) is 42.7 Å². The van der Waals surface area contributed by atoms with Crippen molar-refractivity contribution in [2.24, 2.45) is 11.7 Å². The van der Waals surface area contributed by atoms with Gasteiger partial charge in [0.15, 0.2) is 5.78 Å². The lowest BCUT2D eigenvalue weighted by atomic mass is 10.0. The normalized spacial score (nSPS) is 15.3. The molecule has 1 heterocycles. The lowest BCUT2D eigenvalue weighted by Crippen LogP contribution is -2.38. The summed E-state index contributed by atoms with van der Waals surface area (Å²) in [5.41, 5.74) is 7.66. The largest absolute Gasteiger partial charge is 0.367 e. The molecule has 1 saturated carbocycles. The van der Waals surface area contributed by atoms with Crippen molar-refractivity contribution in [2.45, 2.75) is 18.9 Å². The van der Waals surface area contributed by atoms with Crippen molar-refractivity contribution >= 4 is 11.7 Å². The zero-order valence-electron chi connectivity index (χ0n) is 12.2. The molecule has 0 spiro atoms. The fourth-order valence-corrected chi connectivity index (χ4v) is 2.41. The van der Waals surface area contributed by atoms with Crippen LogP contribution in [0.15, 0.2) is 42.7 Å². The van der Waals surface area contributed by atoms with E-state index < -0.39 is 0 Å². The third-order valence-corrected chi connectivity index (χ3v) is 4.00. The minimum atomic E-state index is -0.156. The molecule has 1 atom stereocenters. The van der Waals surface area contributed by atoms with E-state index in [0.717, 1.165) is 12.8 Å². The van der Waals surface area contributed by atoms with E-state index in [2.05, 4.69) is 10.3 Å². The van der Waals surface area contributed by atoms with Crippen LogP contribution in [0.25, 0.3) is 0 Å². The first-order valence-electron chi connectivity index (χ1n) is 7.46. The zero-order chi connectivity index (χ0) is 15.5. The van der Waals surface area contributed by atoms with E-state index in [0.29, 0.717) is 29.2 Å². The first kappa shape index (κ1) is 14.5. The van der Waals surface area contributed by atoms with Crippen LogP contribution in [0, 0.1) is 5.92 Å². The number of hydrogen-bond donors (Lipinski definition) is 3. The van der Waals surface area contributed by atoms with Crippen LogP contribution in [0.3, 0.4) is 0 Å². The SMILES string of the molecule is NC(CNC(=O)c1ccc(C(=O)c2cc[nH]c2)cc1)C1CC1. The van der Waals surface area contributed by atoms with Gasteiger partial charge in [0.1, 0.15) is 0 Å². The minimum absolute atomic E-state index is 0.0402. The molecule has 1 aliphatic carbocycles. The molecule has 1 unspecified atom stereocenters. The first-order chi connectivity index (χ1) is 10.6. The Morgan fingerprint density at radius 3 is 2.41 bits per heavy atom. The number of benzene rings is 1. The third-order valence-electron chi connectivity index (χ3n) is 4.00. The summed E-state index contributed by atoms with van der Waals surface area (Å²) < 4.78 is 0. The molecule has 0 bridgehead atoms. The van der Waals surface area contributed by atoms with E-state index in [-0.39, 0.29) is 17.7 Å². The number of nitrogens with one attached hydrogen (secondary N) is 2. The highest BCUT2D eigenvalue weighted by Crippen LogP contribution is 2.31. The summed E-state index contributed by atoms with van der Waals surface area (Å²) in [6.45, 7) is 0.494. The van der Waals surface area contributed by atoms with Gasteiger partial charge in [-0.2, -0.15) is 0 Å². The van der Waals surface area contributed by atoms with E-state index in [4.69, 9.17) is 5.73 Å². The van der Waals surface area contributed by atoms with Gasteiger partial charge in [-0.3, -0.25) is 9.59 Å². The maximum absolute atomic E-state index is 12.1. The lowest BCUT2D eigenvalue weighted by molar-refractivity contribution is 0.0949. The molecule has 1 aromatic carbocycles. The Labute approximate surface area is 128 Å². The molecule has 2 aromatic rings. The molecule has 1 aromatic heterocycles. The van der Waals surface area contributed by atoms with E-state index in [1.165, 1.54) is 0 Å². The number of aromatic nitrogens is 1. The predicted molar refractivity (Wildman–Crippen MR) is 83.7 cm³/mol. The molecular weight excluding hydrogens is 278 g/mol. The highest BCUT2D eigenvalue weighted by atomic mass is 16.1. The second kappa shape index (κ2) is 6.15. The summed E-state index contributed by atoms with van der Waals surface area (Å²) in [6.07, 6.45) is 5.68. The Morgan fingerprint density at radius 1 is 1.14 bits per heavy atom. The number of aromatic amines is 1. The van der Waals surface area contributed by atoms with Gasteiger partial charge in [-0.05, 0) is 37.0 Å². The van der Waals surface area contributed by atoms with Crippen LogP contribution in [0.5, 0.6) is 0 Å². The van der Waals surface area contributed by atoms with Crippen LogP contribution in [-0.2, 0) is 0 Å². The smallest absolute Gasteiger partial charge is 0.251 e. The molecule has 5 nitrogen and oxygen atoms in total. The number of carbonyl (C=O) groups excluding carboxylic acids is 2. The second-order valence-corrected chi connectivity index (χ2v) is 5.72. The summed E-state index contributed by atoms with van der Waals surface area (Å²) in [6, 6.07) is 8.44. The summed E-state index contributed by atoms with van der Waals surface area (Å²) in [5.74, 6) is 0.336.